The molecule has 0 spiro atoms. The lowest BCUT2D eigenvalue weighted by atomic mass is 10.0. The molecule has 0 fully saturated rings. The van der Waals surface area contributed by atoms with Gasteiger partial charge in [0.05, 0.1) is 30.0 Å². The Kier molecular flexibility index (Phi) is 4.68. The number of carbonyl (C=O) groups excluding carboxylic acids is 1. The van der Waals surface area contributed by atoms with Gasteiger partial charge in [0, 0.05) is 17.7 Å². The molecule has 2 heterocycles. The second kappa shape index (κ2) is 6.79. The summed E-state index contributed by atoms with van der Waals surface area (Å²) in [5.41, 5.74) is 1.97. The number of hydrogen-bond acceptors (Lipinski definition) is 5. The predicted molar refractivity (Wildman–Crippen MR) is 93.1 cm³/mol. The maximum atomic E-state index is 12.8. The van der Waals surface area contributed by atoms with Gasteiger partial charge in [-0.25, -0.2) is 18.2 Å². The van der Waals surface area contributed by atoms with Gasteiger partial charge in [-0.1, -0.05) is 0 Å². The van der Waals surface area contributed by atoms with Gasteiger partial charge in [-0.3, -0.25) is 9.52 Å². The molecule has 0 radical (unpaired) electrons. The van der Waals surface area contributed by atoms with Crippen molar-refractivity contribution in [2.75, 3.05) is 10.5 Å². The quantitative estimate of drug-likeness (QED) is 0.706. The summed E-state index contributed by atoms with van der Waals surface area (Å²) >= 11 is 0. The van der Waals surface area contributed by atoms with Gasteiger partial charge in [0.15, 0.2) is 0 Å². The number of carbonyl (C=O) groups is 2. The van der Waals surface area contributed by atoms with Crippen molar-refractivity contribution in [3.05, 3.63) is 47.5 Å². The number of aliphatic carboxylic acids is 1. The molecule has 3 N–H and O–H groups in total. The average molecular weight is 378 g/mol. The molecular weight excluding hydrogens is 360 g/mol. The van der Waals surface area contributed by atoms with Gasteiger partial charge in [-0.15, -0.1) is 0 Å². The summed E-state index contributed by atoms with van der Waals surface area (Å²) in [5.74, 6) is -1.60. The number of sulfonamides is 1. The fourth-order valence-electron chi connectivity index (χ4n) is 2.77. The Hall–Kier alpha value is -2.88. The van der Waals surface area contributed by atoms with E-state index in [0.29, 0.717) is 17.1 Å². The van der Waals surface area contributed by atoms with Gasteiger partial charge in [0.1, 0.15) is 6.04 Å². The van der Waals surface area contributed by atoms with E-state index >= 15 is 0 Å². The zero-order valence-corrected chi connectivity index (χ0v) is 14.8. The highest BCUT2D eigenvalue weighted by molar-refractivity contribution is 7.92. The van der Waals surface area contributed by atoms with Crippen molar-refractivity contribution in [2.45, 2.75) is 25.9 Å². The molecule has 1 aliphatic heterocycles. The fourth-order valence-corrected chi connectivity index (χ4v) is 3.41. The van der Waals surface area contributed by atoms with E-state index in [2.05, 4.69) is 14.7 Å². The van der Waals surface area contributed by atoms with Crippen molar-refractivity contribution in [1.82, 2.24) is 14.9 Å². The van der Waals surface area contributed by atoms with E-state index in [-0.39, 0.29) is 24.3 Å². The molecule has 3 rings (SSSR count). The first kappa shape index (κ1) is 17.9. The third-order valence-electron chi connectivity index (χ3n) is 4.23. The topological polar surface area (TPSA) is 132 Å². The summed E-state index contributed by atoms with van der Waals surface area (Å²) < 4.78 is 25.6. The third kappa shape index (κ3) is 3.54. The number of hydrogen-bond donors (Lipinski definition) is 3. The minimum absolute atomic E-state index is 0.0612. The lowest BCUT2D eigenvalue weighted by Gasteiger charge is -2.32. The molecule has 1 amide bonds. The SMILES string of the molecule is CCS(=O)(=O)Nc1ccc(C(=O)N2Cc3[nH]cnc3C[C@H]2C(=O)O)cc1. The number of nitrogens with one attached hydrogen (secondary N) is 2. The second-order valence-electron chi connectivity index (χ2n) is 5.90. The normalized spacial score (nSPS) is 16.8. The number of H-pyrrole nitrogens is 1. The Bertz CT molecular complexity index is 936. The molecule has 10 heteroatoms. The number of anilines is 1. The summed E-state index contributed by atoms with van der Waals surface area (Å²) in [7, 11) is -3.41. The smallest absolute Gasteiger partial charge is 0.326 e. The minimum Gasteiger partial charge on any atom is -0.480 e. The van der Waals surface area contributed by atoms with Crippen LogP contribution in [0, 0.1) is 0 Å². The van der Waals surface area contributed by atoms with Crippen LogP contribution in [0.3, 0.4) is 0 Å². The summed E-state index contributed by atoms with van der Waals surface area (Å²) in [4.78, 5) is 32.6. The first-order valence-corrected chi connectivity index (χ1v) is 9.61. The Morgan fingerprint density at radius 3 is 2.65 bits per heavy atom. The predicted octanol–water partition coefficient (Wildman–Crippen LogP) is 0.823. The highest BCUT2D eigenvalue weighted by Crippen LogP contribution is 2.23. The number of fused-ring (bicyclic) bond motifs is 1. The maximum Gasteiger partial charge on any atom is 0.326 e. The standard InChI is InChI=1S/C16H18N4O5S/c1-2-26(24,25)19-11-5-3-10(4-6-11)15(21)20-8-13-12(17-9-18-13)7-14(20)16(22)23/h3-6,9,14,19H,2,7-8H2,1H3,(H,17,18)(H,22,23)/t14-/m0/s1. The van der Waals surface area contributed by atoms with Crippen molar-refractivity contribution in [3.63, 3.8) is 0 Å². The van der Waals surface area contributed by atoms with Crippen LogP contribution in [0.4, 0.5) is 5.69 Å². The van der Waals surface area contributed by atoms with E-state index in [1.54, 1.807) is 0 Å². The zero-order chi connectivity index (χ0) is 18.9. The van der Waals surface area contributed by atoms with E-state index in [9.17, 15) is 23.1 Å². The molecule has 9 nitrogen and oxygen atoms in total. The van der Waals surface area contributed by atoms with Crippen LogP contribution in [0.15, 0.2) is 30.6 Å². The molecule has 26 heavy (non-hydrogen) atoms. The van der Waals surface area contributed by atoms with E-state index < -0.39 is 27.9 Å². The van der Waals surface area contributed by atoms with Crippen LogP contribution in [0.2, 0.25) is 0 Å². The van der Waals surface area contributed by atoms with Gasteiger partial charge in [0.2, 0.25) is 10.0 Å². The molecule has 1 aliphatic rings. The summed E-state index contributed by atoms with van der Waals surface area (Å²) in [6, 6.07) is 4.88. The summed E-state index contributed by atoms with van der Waals surface area (Å²) in [6.45, 7) is 1.64. The summed E-state index contributed by atoms with van der Waals surface area (Å²) in [5, 5.41) is 9.46. The van der Waals surface area contributed by atoms with Gasteiger partial charge in [-0.05, 0) is 31.2 Å². The molecule has 0 saturated carbocycles. The highest BCUT2D eigenvalue weighted by Gasteiger charge is 2.36. The lowest BCUT2D eigenvalue weighted by molar-refractivity contribution is -0.142. The number of rotatable bonds is 5. The monoisotopic (exact) mass is 378 g/mol. The maximum absolute atomic E-state index is 12.8. The van der Waals surface area contributed by atoms with Crippen molar-refractivity contribution in [2.24, 2.45) is 0 Å². The van der Waals surface area contributed by atoms with Crippen molar-refractivity contribution >= 4 is 27.6 Å². The Balaban J connectivity index is 1.83. The van der Waals surface area contributed by atoms with Crippen molar-refractivity contribution in [1.29, 1.82) is 0 Å². The number of amides is 1. The van der Waals surface area contributed by atoms with Crippen LogP contribution in [0.1, 0.15) is 28.7 Å². The van der Waals surface area contributed by atoms with E-state index in [0.717, 1.165) is 0 Å². The first-order chi connectivity index (χ1) is 12.3. The number of imidazole rings is 1. The molecule has 138 valence electrons. The van der Waals surface area contributed by atoms with Gasteiger partial charge >= 0.3 is 5.97 Å². The molecule has 2 aromatic rings. The van der Waals surface area contributed by atoms with Crippen molar-refractivity contribution < 1.29 is 23.1 Å². The molecular formula is C16H18N4O5S. The second-order valence-corrected chi connectivity index (χ2v) is 7.91. The average Bonchev–Trinajstić information content (AvgIpc) is 3.08. The fraction of sp³-hybridized carbons (Fsp3) is 0.312. The van der Waals surface area contributed by atoms with Crippen LogP contribution in [0.5, 0.6) is 0 Å². The minimum atomic E-state index is -3.41. The Morgan fingerprint density at radius 2 is 2.04 bits per heavy atom. The van der Waals surface area contributed by atoms with Crippen LogP contribution in [-0.4, -0.2) is 52.1 Å². The number of nitrogens with zero attached hydrogens (tertiary/aromatic N) is 2. The van der Waals surface area contributed by atoms with Crippen LogP contribution in [0.25, 0.3) is 0 Å². The van der Waals surface area contributed by atoms with Gasteiger partial charge in [-0.2, -0.15) is 0 Å². The molecule has 1 aromatic heterocycles. The number of aromatic nitrogens is 2. The molecule has 0 saturated heterocycles. The highest BCUT2D eigenvalue weighted by atomic mass is 32.2. The lowest BCUT2D eigenvalue weighted by Crippen LogP contribution is -2.48. The number of carboxylic acids is 1. The molecule has 1 atom stereocenters. The van der Waals surface area contributed by atoms with Crippen molar-refractivity contribution in [3.8, 4) is 0 Å². The van der Waals surface area contributed by atoms with E-state index in [4.69, 9.17) is 0 Å². The number of carboxylic acid groups (broad SMARTS) is 1. The van der Waals surface area contributed by atoms with E-state index in [1.165, 1.54) is 42.4 Å². The molecule has 0 unspecified atom stereocenters. The number of benzene rings is 1. The van der Waals surface area contributed by atoms with Crippen LogP contribution in [-0.2, 0) is 27.8 Å². The van der Waals surface area contributed by atoms with Crippen LogP contribution < -0.4 is 4.72 Å². The van der Waals surface area contributed by atoms with E-state index in [1.807, 2.05) is 0 Å². The third-order valence-corrected chi connectivity index (χ3v) is 5.54. The molecule has 0 aliphatic carbocycles. The van der Waals surface area contributed by atoms with Gasteiger partial charge in [0.25, 0.3) is 5.91 Å². The molecule has 0 bridgehead atoms. The zero-order valence-electron chi connectivity index (χ0n) is 14.0. The largest absolute Gasteiger partial charge is 0.480 e. The summed E-state index contributed by atoms with van der Waals surface area (Å²) in [6.07, 6.45) is 1.61. The number of aromatic amines is 1. The van der Waals surface area contributed by atoms with Gasteiger partial charge < -0.3 is 15.0 Å². The Morgan fingerprint density at radius 1 is 1.35 bits per heavy atom. The Labute approximate surface area is 150 Å². The molecule has 1 aromatic carbocycles. The van der Waals surface area contributed by atoms with Crippen LogP contribution >= 0.6 is 0 Å². The first-order valence-electron chi connectivity index (χ1n) is 7.96.